The molecule has 50 valence electrons. The molecule has 0 atom stereocenters. The first-order valence-electron chi connectivity index (χ1n) is 0.548. The van der Waals surface area contributed by atoms with E-state index in [-0.39, 0.29) is 27.4 Å². The van der Waals surface area contributed by atoms with Crippen LogP contribution in [0.3, 0.4) is 0 Å². The third kappa shape index (κ3) is 491. The summed E-state index contributed by atoms with van der Waals surface area (Å²) in [6, 6.07) is 0. The number of hydrogen-bond acceptors (Lipinski definition) is 3. The molecule has 0 heterocycles. The second-order valence-corrected chi connectivity index (χ2v) is 0.224. The summed E-state index contributed by atoms with van der Waals surface area (Å²) in [6.07, 6.45) is 0. The molecule has 0 aromatic heterocycles. The quantitative estimate of drug-likeness (QED) is 0.231. The normalized spacial score (nSPS) is 3.43. The first-order chi connectivity index (χ1) is 1.73. The predicted octanol–water partition coefficient (Wildman–Crippen LogP) is -1.89. The van der Waals surface area contributed by atoms with Crippen LogP contribution < -0.4 is 0 Å². The summed E-state index contributed by atoms with van der Waals surface area (Å²) in [5.41, 5.74) is 0. The first-order valence-corrected chi connectivity index (χ1v) is 0.548. The molecule has 0 unspecified atom stereocenters. The largest absolute Gasteiger partial charge is 0.412 e. The van der Waals surface area contributed by atoms with Gasteiger partial charge < -0.3 is 26.3 Å². The van der Waals surface area contributed by atoms with Gasteiger partial charge in [-0.05, 0) is 0 Å². The van der Waals surface area contributed by atoms with Gasteiger partial charge in [0.05, 0.1) is 5.09 Å². The average molecular weight is 157 g/mol. The zero-order valence-corrected chi connectivity index (χ0v) is 3.98. The molecule has 0 bridgehead atoms. The third-order valence-corrected chi connectivity index (χ3v) is 0. The smallest absolute Gasteiger partial charge is 0.0689 e. The van der Waals surface area contributed by atoms with Crippen LogP contribution in [0.15, 0.2) is 0 Å². The standard InChI is InChI=1S/NO3.Ni.2H2O/c2-1(3)4;;;/h;;2*1H2/q-1;;;. The molecule has 0 radical (unpaired) electrons. The molecule has 0 aliphatic heterocycles. The summed E-state index contributed by atoms with van der Waals surface area (Å²) < 4.78 is 0. The summed E-state index contributed by atoms with van der Waals surface area (Å²) in [4.78, 5) is 8.25. The van der Waals surface area contributed by atoms with Crippen molar-refractivity contribution < 1.29 is 32.5 Å². The molecular weight excluding hydrogens is 153 g/mol. The summed E-state index contributed by atoms with van der Waals surface area (Å²) in [5.74, 6) is 0. The number of hydrogen-bond donors (Lipinski definition) is 0. The van der Waals surface area contributed by atoms with Crippen LogP contribution >= 0.6 is 0 Å². The van der Waals surface area contributed by atoms with Crippen molar-refractivity contribution in [3.63, 3.8) is 0 Å². The van der Waals surface area contributed by atoms with Crippen molar-refractivity contribution in [2.75, 3.05) is 0 Å². The molecule has 0 aromatic carbocycles. The zero-order valence-electron chi connectivity index (χ0n) is 2.99. The summed E-state index contributed by atoms with van der Waals surface area (Å²) in [5, 5.41) is 14.8. The van der Waals surface area contributed by atoms with E-state index in [0.29, 0.717) is 0 Å². The molecule has 0 aromatic rings. The van der Waals surface area contributed by atoms with Crippen LogP contribution in [-0.2, 0) is 16.5 Å². The minimum Gasteiger partial charge on any atom is -0.412 e. The van der Waals surface area contributed by atoms with E-state index in [0.717, 1.165) is 0 Å². The average Bonchev–Trinajstić information content (AvgIpc) is 0.811. The Balaban J connectivity index is -0.0000000150. The van der Waals surface area contributed by atoms with Crippen molar-refractivity contribution in [3.8, 4) is 0 Å². The Morgan fingerprint density at radius 1 is 1.14 bits per heavy atom. The molecule has 6 nitrogen and oxygen atoms in total. The van der Waals surface area contributed by atoms with Gasteiger partial charge in [0.15, 0.2) is 0 Å². The van der Waals surface area contributed by atoms with Gasteiger partial charge in [0, 0.05) is 16.5 Å². The van der Waals surface area contributed by atoms with Crippen LogP contribution in [-0.4, -0.2) is 16.0 Å². The summed E-state index contributed by atoms with van der Waals surface area (Å²) in [6.45, 7) is 0. The van der Waals surface area contributed by atoms with Crippen molar-refractivity contribution in [1.82, 2.24) is 0 Å². The fourth-order valence-corrected chi connectivity index (χ4v) is 0. The second kappa shape index (κ2) is 17.5. The molecule has 0 aliphatic rings. The van der Waals surface area contributed by atoms with Crippen LogP contribution in [0.4, 0.5) is 0 Å². The monoisotopic (exact) mass is 156 g/mol. The van der Waals surface area contributed by atoms with E-state index >= 15 is 0 Å². The molecule has 7 heteroatoms. The Kier molecular flexibility index (Phi) is 76.2. The summed E-state index contributed by atoms with van der Waals surface area (Å²) >= 11 is 0. The SMILES string of the molecule is O.O.O=[N+]([O-])[O-].[Ni]. The third-order valence-electron chi connectivity index (χ3n) is 0. The van der Waals surface area contributed by atoms with E-state index in [2.05, 4.69) is 0 Å². The van der Waals surface area contributed by atoms with Crippen molar-refractivity contribution in [1.29, 1.82) is 0 Å². The Hall–Kier alpha value is -0.386. The van der Waals surface area contributed by atoms with E-state index in [1.54, 1.807) is 0 Å². The van der Waals surface area contributed by atoms with Gasteiger partial charge in [0.1, 0.15) is 0 Å². The molecule has 0 saturated carbocycles. The van der Waals surface area contributed by atoms with Crippen molar-refractivity contribution in [2.45, 2.75) is 0 Å². The maximum absolute atomic E-state index is 8.25. The molecule has 0 spiro atoms. The molecular formula is H4NNiO5-. The van der Waals surface area contributed by atoms with Gasteiger partial charge in [0.2, 0.25) is 0 Å². The number of nitrogens with zero attached hydrogens (tertiary/aromatic N) is 1. The Labute approximate surface area is 48.8 Å². The van der Waals surface area contributed by atoms with Gasteiger partial charge in [-0.15, -0.1) is 0 Å². The molecule has 0 amide bonds. The van der Waals surface area contributed by atoms with E-state index in [4.69, 9.17) is 15.3 Å². The van der Waals surface area contributed by atoms with Crippen LogP contribution in [0.1, 0.15) is 0 Å². The Bertz CT molecular complexity index is 31.1. The minimum atomic E-state index is -1.75. The van der Waals surface area contributed by atoms with E-state index in [9.17, 15) is 0 Å². The van der Waals surface area contributed by atoms with E-state index in [1.165, 1.54) is 0 Å². The second-order valence-electron chi connectivity index (χ2n) is 0.224. The molecule has 4 N–H and O–H groups in total. The Morgan fingerprint density at radius 3 is 1.14 bits per heavy atom. The van der Waals surface area contributed by atoms with Gasteiger partial charge in [-0.25, -0.2) is 0 Å². The van der Waals surface area contributed by atoms with Gasteiger partial charge in [-0.2, -0.15) is 0 Å². The fourth-order valence-electron chi connectivity index (χ4n) is 0. The minimum absolute atomic E-state index is 0. The van der Waals surface area contributed by atoms with Crippen LogP contribution in [0.5, 0.6) is 0 Å². The topological polar surface area (TPSA) is 129 Å². The number of rotatable bonds is 0. The van der Waals surface area contributed by atoms with Gasteiger partial charge in [-0.1, -0.05) is 0 Å². The molecule has 7 heavy (non-hydrogen) atoms. The fraction of sp³-hybridized carbons (Fsp3) is 0. The van der Waals surface area contributed by atoms with Crippen molar-refractivity contribution in [3.05, 3.63) is 15.3 Å². The van der Waals surface area contributed by atoms with Gasteiger partial charge >= 0.3 is 0 Å². The first kappa shape index (κ1) is 30.5. The van der Waals surface area contributed by atoms with Crippen molar-refractivity contribution in [2.24, 2.45) is 0 Å². The maximum Gasteiger partial charge on any atom is 0.0689 e. The molecule has 0 rings (SSSR count). The van der Waals surface area contributed by atoms with E-state index < -0.39 is 5.09 Å². The van der Waals surface area contributed by atoms with Crippen molar-refractivity contribution >= 4 is 0 Å². The molecule has 0 saturated heterocycles. The zero-order chi connectivity index (χ0) is 3.58. The maximum atomic E-state index is 8.25. The van der Waals surface area contributed by atoms with Crippen LogP contribution in [0, 0.1) is 15.3 Å². The van der Waals surface area contributed by atoms with Gasteiger partial charge in [0.25, 0.3) is 0 Å². The van der Waals surface area contributed by atoms with Crippen LogP contribution in [0.2, 0.25) is 0 Å². The van der Waals surface area contributed by atoms with Gasteiger partial charge in [-0.3, -0.25) is 0 Å². The summed E-state index contributed by atoms with van der Waals surface area (Å²) in [7, 11) is 0. The van der Waals surface area contributed by atoms with Crippen LogP contribution in [0.25, 0.3) is 0 Å². The molecule has 0 aliphatic carbocycles. The Morgan fingerprint density at radius 2 is 1.14 bits per heavy atom. The molecule has 0 fully saturated rings. The van der Waals surface area contributed by atoms with E-state index in [1.807, 2.05) is 0 Å². The predicted molar refractivity (Wildman–Crippen MR) is 17.6 cm³/mol.